The predicted molar refractivity (Wildman–Crippen MR) is 88.2 cm³/mol. The highest BCUT2D eigenvalue weighted by Crippen LogP contribution is 2.16. The van der Waals surface area contributed by atoms with E-state index in [1.54, 1.807) is 5.48 Å². The van der Waals surface area contributed by atoms with Crippen LogP contribution in [0.2, 0.25) is 0 Å². The van der Waals surface area contributed by atoms with E-state index >= 15 is 0 Å². The predicted octanol–water partition coefficient (Wildman–Crippen LogP) is 2.79. The molecule has 0 bridgehead atoms. The fourth-order valence-electron chi connectivity index (χ4n) is 2.60. The monoisotopic (exact) mass is 309 g/mol. The molecule has 0 radical (unpaired) electrons. The molecule has 0 aliphatic rings. The van der Waals surface area contributed by atoms with Gasteiger partial charge in [-0.05, 0) is 36.1 Å². The highest BCUT2D eigenvalue weighted by Gasteiger charge is 2.06. The number of aromatic amines is 1. The van der Waals surface area contributed by atoms with Gasteiger partial charge in [-0.1, -0.05) is 36.4 Å². The van der Waals surface area contributed by atoms with Gasteiger partial charge in [0.1, 0.15) is 5.82 Å². The van der Waals surface area contributed by atoms with Gasteiger partial charge in [-0.25, -0.2) is 10.5 Å². The number of H-pyrrole nitrogens is 1. The maximum atomic E-state index is 11.1. The zero-order valence-corrected chi connectivity index (χ0v) is 12.7. The molecule has 118 valence electrons. The van der Waals surface area contributed by atoms with Crippen molar-refractivity contribution in [2.24, 2.45) is 0 Å². The molecule has 5 heteroatoms. The van der Waals surface area contributed by atoms with E-state index in [2.05, 4.69) is 22.1 Å². The van der Waals surface area contributed by atoms with E-state index in [0.717, 1.165) is 35.3 Å². The van der Waals surface area contributed by atoms with Gasteiger partial charge in [0.15, 0.2) is 0 Å². The highest BCUT2D eigenvalue weighted by atomic mass is 16.5. The minimum Gasteiger partial charge on any atom is -0.342 e. The molecule has 1 heterocycles. The van der Waals surface area contributed by atoms with Crippen LogP contribution in [0, 0.1) is 0 Å². The quantitative estimate of drug-likeness (QED) is 0.484. The first-order chi connectivity index (χ1) is 11.2. The fourth-order valence-corrected chi connectivity index (χ4v) is 2.60. The second-order valence-corrected chi connectivity index (χ2v) is 5.56. The molecule has 1 aromatic heterocycles. The highest BCUT2D eigenvalue weighted by molar-refractivity contribution is 5.77. The second kappa shape index (κ2) is 7.07. The number of hydrogen-bond donors (Lipinski definition) is 3. The van der Waals surface area contributed by atoms with Crippen molar-refractivity contribution in [1.29, 1.82) is 0 Å². The van der Waals surface area contributed by atoms with Gasteiger partial charge < -0.3 is 4.98 Å². The van der Waals surface area contributed by atoms with Crippen LogP contribution in [-0.4, -0.2) is 21.1 Å². The smallest absolute Gasteiger partial charge is 0.243 e. The molecule has 5 nitrogen and oxygen atoms in total. The first kappa shape index (κ1) is 15.2. The number of hydrogen-bond acceptors (Lipinski definition) is 3. The van der Waals surface area contributed by atoms with E-state index in [0.29, 0.717) is 6.42 Å². The average Bonchev–Trinajstić information content (AvgIpc) is 3.01. The number of carbonyl (C=O) groups is 1. The lowest BCUT2D eigenvalue weighted by Crippen LogP contribution is -2.18. The molecule has 0 spiro atoms. The molecule has 3 aromatic rings. The fraction of sp³-hybridized carbons (Fsp3) is 0.222. The molecule has 0 aliphatic carbocycles. The Balaban J connectivity index is 1.68. The minimum absolute atomic E-state index is 0.261. The van der Waals surface area contributed by atoms with Gasteiger partial charge in [-0.2, -0.15) is 0 Å². The third kappa shape index (κ3) is 3.96. The largest absolute Gasteiger partial charge is 0.342 e. The minimum atomic E-state index is -0.377. The lowest BCUT2D eigenvalue weighted by Gasteiger charge is -2.00. The zero-order valence-electron chi connectivity index (χ0n) is 12.7. The molecule has 0 unspecified atom stereocenters. The van der Waals surface area contributed by atoms with Gasteiger partial charge in [0.2, 0.25) is 5.91 Å². The summed E-state index contributed by atoms with van der Waals surface area (Å²) in [6, 6.07) is 16.3. The molecule has 3 N–H and O–H groups in total. The first-order valence-corrected chi connectivity index (χ1v) is 7.69. The number of nitrogens with one attached hydrogen (secondary N) is 2. The third-order valence-electron chi connectivity index (χ3n) is 3.85. The van der Waals surface area contributed by atoms with Crippen LogP contribution < -0.4 is 5.48 Å². The van der Waals surface area contributed by atoms with Crippen molar-refractivity contribution in [1.82, 2.24) is 15.4 Å². The Bertz CT molecular complexity index is 796. The molecule has 23 heavy (non-hydrogen) atoms. The number of amides is 1. The number of rotatable bonds is 6. The van der Waals surface area contributed by atoms with Crippen LogP contribution in [0.4, 0.5) is 0 Å². The van der Waals surface area contributed by atoms with Crippen molar-refractivity contribution in [3.63, 3.8) is 0 Å². The number of carbonyl (C=O) groups excluding carboxylic acids is 1. The van der Waals surface area contributed by atoms with Crippen LogP contribution >= 0.6 is 0 Å². The van der Waals surface area contributed by atoms with Crippen LogP contribution in [0.1, 0.15) is 23.4 Å². The number of imidazole rings is 1. The molecule has 0 fully saturated rings. The summed E-state index contributed by atoms with van der Waals surface area (Å²) in [4.78, 5) is 19.0. The lowest BCUT2D eigenvalue weighted by atomic mass is 10.1. The van der Waals surface area contributed by atoms with Crippen molar-refractivity contribution in [2.45, 2.75) is 25.7 Å². The van der Waals surface area contributed by atoms with Crippen molar-refractivity contribution in [3.8, 4) is 0 Å². The Morgan fingerprint density at radius 2 is 1.87 bits per heavy atom. The van der Waals surface area contributed by atoms with E-state index < -0.39 is 0 Å². The van der Waals surface area contributed by atoms with E-state index in [-0.39, 0.29) is 12.3 Å². The van der Waals surface area contributed by atoms with Gasteiger partial charge in [-0.3, -0.25) is 10.0 Å². The standard InChI is InChI=1S/C18H19N3O2/c22-18(21-23)11-8-14-6-9-15-16(12-14)20-17(19-15)10-7-13-4-2-1-3-5-13/h1-6,9,12,23H,7-8,10-11H2,(H,19,20)(H,21,22). The van der Waals surface area contributed by atoms with Crippen molar-refractivity contribution in [2.75, 3.05) is 0 Å². The number of hydroxylamine groups is 1. The Kier molecular flexibility index (Phi) is 4.68. The molecule has 0 aliphatic heterocycles. The normalized spacial score (nSPS) is 10.8. The third-order valence-corrected chi connectivity index (χ3v) is 3.85. The molecule has 1 amide bonds. The molecule has 0 atom stereocenters. The van der Waals surface area contributed by atoms with Crippen LogP contribution in [0.5, 0.6) is 0 Å². The zero-order chi connectivity index (χ0) is 16.1. The van der Waals surface area contributed by atoms with Crippen molar-refractivity contribution < 1.29 is 10.0 Å². The Morgan fingerprint density at radius 1 is 1.04 bits per heavy atom. The summed E-state index contributed by atoms with van der Waals surface area (Å²) in [5, 5.41) is 8.53. The maximum Gasteiger partial charge on any atom is 0.243 e. The number of nitrogens with zero attached hydrogens (tertiary/aromatic N) is 1. The topological polar surface area (TPSA) is 78.0 Å². The summed E-state index contributed by atoms with van der Waals surface area (Å²) in [7, 11) is 0. The van der Waals surface area contributed by atoms with Crippen LogP contribution in [0.15, 0.2) is 48.5 Å². The summed E-state index contributed by atoms with van der Waals surface area (Å²) in [5.74, 6) is 0.590. The van der Waals surface area contributed by atoms with Crippen molar-refractivity contribution in [3.05, 3.63) is 65.5 Å². The van der Waals surface area contributed by atoms with Crippen molar-refractivity contribution >= 4 is 16.9 Å². The van der Waals surface area contributed by atoms with Gasteiger partial charge in [0, 0.05) is 12.8 Å². The Morgan fingerprint density at radius 3 is 2.65 bits per heavy atom. The van der Waals surface area contributed by atoms with Crippen LogP contribution in [0.3, 0.4) is 0 Å². The summed E-state index contributed by atoms with van der Waals surface area (Å²) < 4.78 is 0. The molecule has 2 aromatic carbocycles. The maximum absolute atomic E-state index is 11.1. The van der Waals surface area contributed by atoms with Crippen LogP contribution in [-0.2, 0) is 24.1 Å². The summed E-state index contributed by atoms with van der Waals surface area (Å²) in [6.45, 7) is 0. The summed E-state index contributed by atoms with van der Waals surface area (Å²) in [5.41, 5.74) is 5.90. The number of benzene rings is 2. The van der Waals surface area contributed by atoms with Gasteiger partial charge in [-0.15, -0.1) is 0 Å². The van der Waals surface area contributed by atoms with E-state index in [1.165, 1.54) is 5.56 Å². The number of aromatic nitrogens is 2. The Hall–Kier alpha value is -2.66. The first-order valence-electron chi connectivity index (χ1n) is 7.69. The molecule has 3 rings (SSSR count). The number of aryl methyl sites for hydroxylation is 3. The van der Waals surface area contributed by atoms with E-state index in [4.69, 9.17) is 5.21 Å². The van der Waals surface area contributed by atoms with E-state index in [1.807, 2.05) is 36.4 Å². The summed E-state index contributed by atoms with van der Waals surface area (Å²) >= 11 is 0. The molecule has 0 saturated heterocycles. The molecular weight excluding hydrogens is 290 g/mol. The van der Waals surface area contributed by atoms with Gasteiger partial charge in [0.05, 0.1) is 11.0 Å². The molecule has 0 saturated carbocycles. The summed E-state index contributed by atoms with van der Waals surface area (Å²) in [6.07, 6.45) is 2.66. The molecular formula is C18H19N3O2. The van der Waals surface area contributed by atoms with Crippen LogP contribution in [0.25, 0.3) is 11.0 Å². The Labute approximate surface area is 134 Å². The average molecular weight is 309 g/mol. The van der Waals surface area contributed by atoms with E-state index in [9.17, 15) is 4.79 Å². The SMILES string of the molecule is O=C(CCc1ccc2nc(CCc3ccccc3)[nH]c2c1)NO. The van der Waals surface area contributed by atoms with Gasteiger partial charge >= 0.3 is 0 Å². The lowest BCUT2D eigenvalue weighted by molar-refractivity contribution is -0.129. The second-order valence-electron chi connectivity index (χ2n) is 5.56. The van der Waals surface area contributed by atoms with Gasteiger partial charge in [0.25, 0.3) is 0 Å². The number of fused-ring (bicyclic) bond motifs is 1.